The fourth-order valence-electron chi connectivity index (χ4n) is 4.10. The van der Waals surface area contributed by atoms with E-state index in [4.69, 9.17) is 15.9 Å². The number of amides is 1. The molecule has 0 saturated heterocycles. The average molecular weight is 495 g/mol. The van der Waals surface area contributed by atoms with Gasteiger partial charge in [0.05, 0.1) is 12.2 Å². The minimum atomic E-state index is -0.370. The van der Waals surface area contributed by atoms with Crippen LogP contribution in [0.15, 0.2) is 91.3 Å². The van der Waals surface area contributed by atoms with Crippen molar-refractivity contribution in [3.63, 3.8) is 0 Å². The number of carbonyl (C=O) groups excluding carboxylic acids is 2. The molecule has 4 rings (SSSR count). The van der Waals surface area contributed by atoms with Gasteiger partial charge in [-0.15, -0.1) is 0 Å². The second kappa shape index (κ2) is 11.9. The highest BCUT2D eigenvalue weighted by Gasteiger charge is 2.17. The first kappa shape index (κ1) is 25.4. The van der Waals surface area contributed by atoms with Crippen LogP contribution in [-0.4, -0.2) is 28.9 Å². The molecule has 4 N–H and O–H groups in total. The Morgan fingerprint density at radius 3 is 2.32 bits per heavy atom. The van der Waals surface area contributed by atoms with Gasteiger partial charge in [0, 0.05) is 36.6 Å². The highest BCUT2D eigenvalue weighted by atomic mass is 16.5. The minimum Gasteiger partial charge on any atom is -0.462 e. The molecule has 0 unspecified atom stereocenters. The maximum atomic E-state index is 12.7. The SMILES string of the molecule is CCOC(=O)c1cn(Cc2cccc(C(=N)N)c2)cc1Cc1ccc(C(=O)NCc2ccccc2)cc1. The van der Waals surface area contributed by atoms with E-state index in [1.54, 1.807) is 31.3 Å². The molecule has 0 radical (unpaired) electrons. The molecule has 7 heteroatoms. The van der Waals surface area contributed by atoms with Gasteiger partial charge in [0.2, 0.25) is 0 Å². The zero-order valence-electron chi connectivity index (χ0n) is 20.7. The first-order valence-corrected chi connectivity index (χ1v) is 12.1. The van der Waals surface area contributed by atoms with Crippen LogP contribution in [0.5, 0.6) is 0 Å². The molecule has 0 aliphatic rings. The van der Waals surface area contributed by atoms with E-state index in [0.717, 1.165) is 22.3 Å². The van der Waals surface area contributed by atoms with Gasteiger partial charge >= 0.3 is 5.97 Å². The average Bonchev–Trinajstić information content (AvgIpc) is 3.30. The van der Waals surface area contributed by atoms with E-state index in [1.807, 2.05) is 71.4 Å². The van der Waals surface area contributed by atoms with E-state index in [2.05, 4.69) is 5.32 Å². The number of carbonyl (C=O) groups is 2. The van der Waals surface area contributed by atoms with E-state index in [-0.39, 0.29) is 24.3 Å². The smallest absolute Gasteiger partial charge is 0.339 e. The zero-order valence-corrected chi connectivity index (χ0v) is 20.7. The summed E-state index contributed by atoms with van der Waals surface area (Å²) in [7, 11) is 0. The number of nitrogen functional groups attached to an aromatic ring is 1. The number of nitrogens with zero attached hydrogens (tertiary/aromatic N) is 1. The molecule has 37 heavy (non-hydrogen) atoms. The maximum absolute atomic E-state index is 12.7. The van der Waals surface area contributed by atoms with Crippen molar-refractivity contribution in [1.29, 1.82) is 5.41 Å². The van der Waals surface area contributed by atoms with Gasteiger partial charge in [0.15, 0.2) is 0 Å². The molecule has 0 atom stereocenters. The van der Waals surface area contributed by atoms with E-state index in [9.17, 15) is 9.59 Å². The summed E-state index contributed by atoms with van der Waals surface area (Å²) in [5, 5.41) is 10.6. The van der Waals surface area contributed by atoms with E-state index in [1.165, 1.54) is 0 Å². The number of benzene rings is 3. The summed E-state index contributed by atoms with van der Waals surface area (Å²) in [6.07, 6.45) is 4.24. The number of nitrogens with one attached hydrogen (secondary N) is 2. The molecular formula is C30H30N4O3. The predicted octanol–water partition coefficient (Wildman–Crippen LogP) is 4.52. The van der Waals surface area contributed by atoms with Crippen molar-refractivity contribution in [1.82, 2.24) is 9.88 Å². The van der Waals surface area contributed by atoms with Crippen molar-refractivity contribution in [2.75, 3.05) is 6.61 Å². The van der Waals surface area contributed by atoms with Crippen LogP contribution < -0.4 is 11.1 Å². The molecular weight excluding hydrogens is 464 g/mol. The first-order valence-electron chi connectivity index (χ1n) is 12.1. The van der Waals surface area contributed by atoms with E-state index < -0.39 is 0 Å². The summed E-state index contributed by atoms with van der Waals surface area (Å²) in [5.74, 6) is -0.494. The van der Waals surface area contributed by atoms with Crippen molar-refractivity contribution in [2.45, 2.75) is 26.4 Å². The molecule has 4 aromatic rings. The summed E-state index contributed by atoms with van der Waals surface area (Å²) >= 11 is 0. The Morgan fingerprint density at radius 2 is 1.62 bits per heavy atom. The summed E-state index contributed by atoms with van der Waals surface area (Å²) in [5.41, 5.74) is 11.2. The molecule has 7 nitrogen and oxygen atoms in total. The molecule has 0 fully saturated rings. The van der Waals surface area contributed by atoms with Crippen LogP contribution in [0.4, 0.5) is 0 Å². The fourth-order valence-corrected chi connectivity index (χ4v) is 4.10. The molecule has 1 heterocycles. The summed E-state index contributed by atoms with van der Waals surface area (Å²) in [6, 6.07) is 24.6. The van der Waals surface area contributed by atoms with Crippen LogP contribution in [0.25, 0.3) is 0 Å². The Balaban J connectivity index is 1.48. The highest BCUT2D eigenvalue weighted by Crippen LogP contribution is 2.19. The molecule has 188 valence electrons. The van der Waals surface area contributed by atoms with Gasteiger partial charge < -0.3 is 20.4 Å². The number of amidine groups is 1. The van der Waals surface area contributed by atoms with Crippen LogP contribution in [0.2, 0.25) is 0 Å². The third-order valence-corrected chi connectivity index (χ3v) is 5.97. The molecule has 0 saturated carbocycles. The topological polar surface area (TPSA) is 110 Å². The fraction of sp³-hybridized carbons (Fsp3) is 0.167. The Hall–Kier alpha value is -4.65. The van der Waals surface area contributed by atoms with Crippen LogP contribution in [0.1, 0.15) is 55.5 Å². The number of nitrogens with two attached hydrogens (primary N) is 1. The number of hydrogen-bond acceptors (Lipinski definition) is 4. The number of hydrogen-bond donors (Lipinski definition) is 3. The maximum Gasteiger partial charge on any atom is 0.339 e. The molecule has 0 aliphatic carbocycles. The molecule has 1 aromatic heterocycles. The quantitative estimate of drug-likeness (QED) is 0.171. The number of ether oxygens (including phenoxy) is 1. The van der Waals surface area contributed by atoms with Crippen molar-refractivity contribution in [3.8, 4) is 0 Å². The Kier molecular flexibility index (Phi) is 8.15. The Morgan fingerprint density at radius 1 is 0.892 bits per heavy atom. The lowest BCUT2D eigenvalue weighted by Gasteiger charge is -2.07. The zero-order chi connectivity index (χ0) is 26.2. The standard InChI is InChI=1S/C30H30N4O3/c1-2-37-30(36)27-20-34(18-23-9-6-10-25(16-23)28(31)32)19-26(27)15-21-11-13-24(14-12-21)29(35)33-17-22-7-4-3-5-8-22/h3-14,16,19-20H,2,15,17-18H2,1H3,(H3,31,32)(H,33,35). The summed E-state index contributed by atoms with van der Waals surface area (Å²) < 4.78 is 7.22. The molecule has 0 bridgehead atoms. The third kappa shape index (κ3) is 6.73. The molecule has 3 aromatic carbocycles. The van der Waals surface area contributed by atoms with Crippen LogP contribution in [-0.2, 0) is 24.2 Å². The van der Waals surface area contributed by atoms with Crippen LogP contribution in [0.3, 0.4) is 0 Å². The normalized spacial score (nSPS) is 10.6. The van der Waals surface area contributed by atoms with Crippen LogP contribution >= 0.6 is 0 Å². The van der Waals surface area contributed by atoms with Crippen molar-refractivity contribution in [3.05, 3.63) is 130 Å². The second-order valence-corrected chi connectivity index (χ2v) is 8.75. The van der Waals surface area contributed by atoms with Crippen molar-refractivity contribution >= 4 is 17.7 Å². The van der Waals surface area contributed by atoms with Crippen molar-refractivity contribution < 1.29 is 14.3 Å². The molecule has 0 aliphatic heterocycles. The second-order valence-electron chi connectivity index (χ2n) is 8.75. The van der Waals surface area contributed by atoms with E-state index in [0.29, 0.717) is 36.2 Å². The Bertz CT molecular complexity index is 1390. The van der Waals surface area contributed by atoms with Gasteiger partial charge in [0.25, 0.3) is 5.91 Å². The van der Waals surface area contributed by atoms with Gasteiger partial charge in [0.1, 0.15) is 5.84 Å². The number of aromatic nitrogens is 1. The monoisotopic (exact) mass is 494 g/mol. The van der Waals surface area contributed by atoms with Gasteiger partial charge in [-0.05, 0) is 53.8 Å². The van der Waals surface area contributed by atoms with E-state index >= 15 is 0 Å². The van der Waals surface area contributed by atoms with Crippen LogP contribution in [0, 0.1) is 5.41 Å². The van der Waals surface area contributed by atoms with Crippen molar-refractivity contribution in [2.24, 2.45) is 5.73 Å². The molecule has 0 spiro atoms. The largest absolute Gasteiger partial charge is 0.462 e. The summed E-state index contributed by atoms with van der Waals surface area (Å²) in [4.78, 5) is 25.2. The van der Waals surface area contributed by atoms with Gasteiger partial charge in [-0.2, -0.15) is 0 Å². The predicted molar refractivity (Wildman–Crippen MR) is 144 cm³/mol. The number of esters is 1. The minimum absolute atomic E-state index is 0.0134. The lowest BCUT2D eigenvalue weighted by atomic mass is 10.0. The molecule has 1 amide bonds. The van der Waals surface area contributed by atoms with Gasteiger partial charge in [-0.3, -0.25) is 10.2 Å². The van der Waals surface area contributed by atoms with Gasteiger partial charge in [-0.25, -0.2) is 4.79 Å². The Labute approximate surface area is 216 Å². The lowest BCUT2D eigenvalue weighted by molar-refractivity contribution is 0.0525. The lowest BCUT2D eigenvalue weighted by Crippen LogP contribution is -2.22. The first-order chi connectivity index (χ1) is 17.9. The van der Waals surface area contributed by atoms with Gasteiger partial charge in [-0.1, -0.05) is 60.7 Å². The highest BCUT2D eigenvalue weighted by molar-refractivity contribution is 5.95. The third-order valence-electron chi connectivity index (χ3n) is 5.97. The summed E-state index contributed by atoms with van der Waals surface area (Å²) in [6.45, 7) is 3.06. The number of rotatable bonds is 10.